The summed E-state index contributed by atoms with van der Waals surface area (Å²) in [6, 6.07) is 7.04. The fourth-order valence-electron chi connectivity index (χ4n) is 1.64. The third kappa shape index (κ3) is 2.47. The summed E-state index contributed by atoms with van der Waals surface area (Å²) < 4.78 is 5.60. The van der Waals surface area contributed by atoms with Crippen LogP contribution in [0, 0.1) is 0 Å². The van der Waals surface area contributed by atoms with Crippen LogP contribution >= 0.6 is 0 Å². The van der Waals surface area contributed by atoms with Crippen LogP contribution in [0.5, 0.6) is 5.75 Å². The number of aromatic hydroxyl groups is 1. The SMILES string of the molecule is OCC1COC(c2ccc(O)cc2)CN1. The van der Waals surface area contributed by atoms with Gasteiger partial charge in [-0.25, -0.2) is 0 Å². The van der Waals surface area contributed by atoms with Gasteiger partial charge >= 0.3 is 0 Å². The molecule has 1 heterocycles. The minimum absolute atomic E-state index is 0.00778. The number of morpholine rings is 1. The summed E-state index contributed by atoms with van der Waals surface area (Å²) in [4.78, 5) is 0. The minimum atomic E-state index is 0.00778. The molecule has 1 aromatic carbocycles. The van der Waals surface area contributed by atoms with Crippen molar-refractivity contribution < 1.29 is 14.9 Å². The first kappa shape index (κ1) is 10.4. The molecule has 0 aromatic heterocycles. The summed E-state index contributed by atoms with van der Waals surface area (Å²) in [5.41, 5.74) is 1.04. The second-order valence-electron chi connectivity index (χ2n) is 3.70. The van der Waals surface area contributed by atoms with E-state index in [1.807, 2.05) is 12.1 Å². The maximum atomic E-state index is 9.15. The highest BCUT2D eigenvalue weighted by molar-refractivity contribution is 5.27. The maximum Gasteiger partial charge on any atom is 0.115 e. The molecule has 1 aliphatic heterocycles. The second kappa shape index (κ2) is 4.61. The van der Waals surface area contributed by atoms with E-state index in [-0.39, 0.29) is 24.5 Å². The molecule has 2 rings (SSSR count). The number of benzene rings is 1. The van der Waals surface area contributed by atoms with Crippen molar-refractivity contribution in [2.24, 2.45) is 0 Å². The van der Waals surface area contributed by atoms with E-state index in [2.05, 4.69) is 5.32 Å². The van der Waals surface area contributed by atoms with Crippen LogP contribution in [-0.4, -0.2) is 36.0 Å². The summed E-state index contributed by atoms with van der Waals surface area (Å²) in [5, 5.41) is 21.2. The predicted octanol–water partition coefficient (Wildman–Crippen LogP) is 0.414. The molecule has 15 heavy (non-hydrogen) atoms. The summed E-state index contributed by atoms with van der Waals surface area (Å²) >= 11 is 0. The average Bonchev–Trinajstić information content (AvgIpc) is 2.30. The van der Waals surface area contributed by atoms with Gasteiger partial charge in [0.25, 0.3) is 0 Å². The number of ether oxygens (including phenoxy) is 1. The van der Waals surface area contributed by atoms with E-state index in [0.717, 1.165) is 5.56 Å². The molecule has 1 aliphatic rings. The number of phenolic OH excluding ortho intramolecular Hbond substituents is 1. The molecular formula is C11H15NO3. The lowest BCUT2D eigenvalue weighted by molar-refractivity contribution is -0.00953. The van der Waals surface area contributed by atoms with Gasteiger partial charge in [0.2, 0.25) is 0 Å². The molecule has 3 N–H and O–H groups in total. The number of hydrogen-bond donors (Lipinski definition) is 3. The van der Waals surface area contributed by atoms with Crippen LogP contribution in [0.4, 0.5) is 0 Å². The van der Waals surface area contributed by atoms with Crippen molar-refractivity contribution >= 4 is 0 Å². The fourth-order valence-corrected chi connectivity index (χ4v) is 1.64. The van der Waals surface area contributed by atoms with Gasteiger partial charge < -0.3 is 20.3 Å². The zero-order chi connectivity index (χ0) is 10.7. The van der Waals surface area contributed by atoms with Gasteiger partial charge in [0.05, 0.1) is 25.4 Å². The van der Waals surface area contributed by atoms with Crippen LogP contribution in [0.25, 0.3) is 0 Å². The molecule has 2 unspecified atom stereocenters. The predicted molar refractivity (Wildman–Crippen MR) is 55.7 cm³/mol. The number of aliphatic hydroxyl groups excluding tert-OH is 1. The third-order valence-electron chi connectivity index (χ3n) is 2.58. The Morgan fingerprint density at radius 3 is 2.60 bits per heavy atom. The molecule has 1 saturated heterocycles. The summed E-state index contributed by atoms with van der Waals surface area (Å²) in [5.74, 6) is 0.260. The van der Waals surface area contributed by atoms with E-state index in [9.17, 15) is 0 Å². The van der Waals surface area contributed by atoms with Gasteiger partial charge in [-0.3, -0.25) is 0 Å². The summed E-state index contributed by atoms with van der Waals surface area (Å²) in [6.45, 7) is 1.31. The zero-order valence-corrected chi connectivity index (χ0v) is 8.39. The largest absolute Gasteiger partial charge is 0.508 e. The van der Waals surface area contributed by atoms with Gasteiger partial charge in [-0.15, -0.1) is 0 Å². The average molecular weight is 209 g/mol. The van der Waals surface area contributed by atoms with E-state index in [1.54, 1.807) is 12.1 Å². The van der Waals surface area contributed by atoms with Gasteiger partial charge in [0.1, 0.15) is 5.75 Å². The smallest absolute Gasteiger partial charge is 0.115 e. The lowest BCUT2D eigenvalue weighted by atomic mass is 10.1. The van der Waals surface area contributed by atoms with Crippen molar-refractivity contribution in [3.05, 3.63) is 29.8 Å². The molecule has 0 saturated carbocycles. The highest BCUT2D eigenvalue weighted by Crippen LogP contribution is 2.21. The number of aliphatic hydroxyl groups is 1. The molecular weight excluding hydrogens is 194 g/mol. The van der Waals surface area contributed by atoms with E-state index in [0.29, 0.717) is 13.2 Å². The van der Waals surface area contributed by atoms with E-state index in [4.69, 9.17) is 14.9 Å². The lowest BCUT2D eigenvalue weighted by Gasteiger charge is -2.29. The topological polar surface area (TPSA) is 61.7 Å². The first-order chi connectivity index (χ1) is 7.29. The zero-order valence-electron chi connectivity index (χ0n) is 8.39. The minimum Gasteiger partial charge on any atom is -0.508 e. The molecule has 0 aliphatic carbocycles. The molecule has 82 valence electrons. The van der Waals surface area contributed by atoms with Crippen molar-refractivity contribution in [3.63, 3.8) is 0 Å². The highest BCUT2D eigenvalue weighted by atomic mass is 16.5. The number of hydrogen-bond acceptors (Lipinski definition) is 4. The quantitative estimate of drug-likeness (QED) is 0.660. The molecule has 2 atom stereocenters. The Morgan fingerprint density at radius 1 is 1.33 bits per heavy atom. The molecule has 0 bridgehead atoms. The van der Waals surface area contributed by atoms with Gasteiger partial charge in [0.15, 0.2) is 0 Å². The molecule has 0 amide bonds. The summed E-state index contributed by atoms with van der Waals surface area (Å²) in [6.07, 6.45) is 0.00778. The lowest BCUT2D eigenvalue weighted by Crippen LogP contribution is -2.44. The molecule has 0 radical (unpaired) electrons. The monoisotopic (exact) mass is 209 g/mol. The first-order valence-corrected chi connectivity index (χ1v) is 5.04. The molecule has 1 aromatic rings. The van der Waals surface area contributed by atoms with E-state index in [1.165, 1.54) is 0 Å². The molecule has 1 fully saturated rings. The Labute approximate surface area is 88.5 Å². The van der Waals surface area contributed by atoms with Crippen LogP contribution in [0.2, 0.25) is 0 Å². The van der Waals surface area contributed by atoms with Crippen molar-refractivity contribution in [1.82, 2.24) is 5.32 Å². The van der Waals surface area contributed by atoms with Crippen LogP contribution in [0.3, 0.4) is 0 Å². The van der Waals surface area contributed by atoms with Gasteiger partial charge in [-0.2, -0.15) is 0 Å². The second-order valence-corrected chi connectivity index (χ2v) is 3.70. The van der Waals surface area contributed by atoms with Crippen LogP contribution in [0.15, 0.2) is 24.3 Å². The van der Waals surface area contributed by atoms with E-state index >= 15 is 0 Å². The molecule has 0 spiro atoms. The fraction of sp³-hybridized carbons (Fsp3) is 0.455. The Morgan fingerprint density at radius 2 is 2.07 bits per heavy atom. The Kier molecular flexibility index (Phi) is 3.20. The third-order valence-corrected chi connectivity index (χ3v) is 2.58. The first-order valence-electron chi connectivity index (χ1n) is 5.04. The molecule has 4 heteroatoms. The van der Waals surface area contributed by atoms with Crippen molar-refractivity contribution in [2.45, 2.75) is 12.1 Å². The standard InChI is InChI=1S/C11H15NO3/c13-6-9-7-15-11(5-12-9)8-1-3-10(14)4-2-8/h1-4,9,11-14H,5-7H2. The van der Waals surface area contributed by atoms with Gasteiger partial charge in [0, 0.05) is 6.54 Å². The number of phenols is 1. The Balaban J connectivity index is 1.98. The van der Waals surface area contributed by atoms with Crippen molar-refractivity contribution in [2.75, 3.05) is 19.8 Å². The Hall–Kier alpha value is -1.10. The van der Waals surface area contributed by atoms with Crippen molar-refractivity contribution in [1.29, 1.82) is 0 Å². The van der Waals surface area contributed by atoms with E-state index < -0.39 is 0 Å². The maximum absolute atomic E-state index is 9.15. The molecule has 4 nitrogen and oxygen atoms in total. The Bertz CT molecular complexity index is 304. The van der Waals surface area contributed by atoms with Crippen molar-refractivity contribution in [3.8, 4) is 5.75 Å². The highest BCUT2D eigenvalue weighted by Gasteiger charge is 2.21. The van der Waals surface area contributed by atoms with Gasteiger partial charge in [-0.1, -0.05) is 12.1 Å². The van der Waals surface area contributed by atoms with Gasteiger partial charge in [-0.05, 0) is 17.7 Å². The normalized spacial score (nSPS) is 26.5. The summed E-state index contributed by atoms with van der Waals surface area (Å²) in [7, 11) is 0. The number of rotatable bonds is 2. The van der Waals surface area contributed by atoms with Crippen LogP contribution < -0.4 is 5.32 Å². The number of nitrogens with one attached hydrogen (secondary N) is 1. The van der Waals surface area contributed by atoms with Crippen LogP contribution in [0.1, 0.15) is 11.7 Å². The van der Waals surface area contributed by atoms with Crippen LogP contribution in [-0.2, 0) is 4.74 Å².